The number of hydrogen-bond acceptors (Lipinski definition) is 4. The molecule has 25 heavy (non-hydrogen) atoms. The molecule has 0 aromatic heterocycles. The van der Waals surface area contributed by atoms with E-state index in [9.17, 15) is 4.79 Å². The molecule has 0 heterocycles. The Morgan fingerprint density at radius 1 is 1.08 bits per heavy atom. The molecule has 0 radical (unpaired) electrons. The van der Waals surface area contributed by atoms with Gasteiger partial charge in [-0.2, -0.15) is 0 Å². The third-order valence-corrected chi connectivity index (χ3v) is 4.78. The minimum atomic E-state index is -0.00933. The predicted molar refractivity (Wildman–Crippen MR) is 99.9 cm³/mol. The zero-order chi connectivity index (χ0) is 17.7. The molecule has 0 amide bonds. The molecule has 0 aliphatic rings. The second-order valence-corrected chi connectivity index (χ2v) is 6.88. The van der Waals surface area contributed by atoms with Crippen LogP contribution >= 0.6 is 8.58 Å². The van der Waals surface area contributed by atoms with E-state index in [1.807, 2.05) is 39.0 Å². The monoisotopic (exact) mass is 354 g/mol. The smallest absolute Gasteiger partial charge is 1.00 e. The molecule has 0 N–H and O–H groups in total. The summed E-state index contributed by atoms with van der Waals surface area (Å²) in [6.45, 7) is 5.97. The largest absolute Gasteiger partial charge is 1.00 e. The van der Waals surface area contributed by atoms with Crippen molar-refractivity contribution in [1.82, 2.24) is 0 Å². The SMILES string of the molecule is COc1cccc(OC)c1C(=O)Pc1ccc(OC(C)C)cc1C.[H-].[Li+]. The summed E-state index contributed by atoms with van der Waals surface area (Å²) in [5, 5.41) is 0.990. The van der Waals surface area contributed by atoms with Crippen molar-refractivity contribution in [3.05, 3.63) is 47.5 Å². The topological polar surface area (TPSA) is 44.8 Å². The summed E-state index contributed by atoms with van der Waals surface area (Å²) < 4.78 is 16.3. The zero-order valence-corrected chi connectivity index (χ0v) is 16.7. The van der Waals surface area contributed by atoms with E-state index in [4.69, 9.17) is 14.2 Å². The molecular weight excluding hydrogens is 330 g/mol. The Kier molecular flexibility index (Phi) is 8.52. The van der Waals surface area contributed by atoms with Gasteiger partial charge in [0, 0.05) is 0 Å². The number of aryl methyl sites for hydroxylation is 1. The molecule has 6 heteroatoms. The number of ether oxygens (including phenoxy) is 3. The molecule has 4 nitrogen and oxygen atoms in total. The van der Waals surface area contributed by atoms with Crippen molar-refractivity contribution in [2.45, 2.75) is 26.9 Å². The van der Waals surface area contributed by atoms with E-state index in [0.717, 1.165) is 16.6 Å². The molecule has 0 bridgehead atoms. The van der Waals surface area contributed by atoms with Gasteiger partial charge in [-0.25, -0.2) is 0 Å². The van der Waals surface area contributed by atoms with Gasteiger partial charge < -0.3 is 15.6 Å². The number of carbonyl (C=O) groups excluding carboxylic acids is 1. The van der Waals surface area contributed by atoms with Gasteiger partial charge in [0.25, 0.3) is 0 Å². The maximum absolute atomic E-state index is 12.8. The standard InChI is InChI=1S/C19H23O4P.Li.H/c1-12(2)23-14-9-10-17(13(3)11-14)24-19(20)18-15(21-4)7-6-8-16(18)22-5;;/h6-12,24H,1-5H3;;/q;+1;-1. The third-order valence-electron chi connectivity index (χ3n) is 3.47. The van der Waals surface area contributed by atoms with E-state index >= 15 is 0 Å². The summed E-state index contributed by atoms with van der Waals surface area (Å²) in [6, 6.07) is 11.2. The van der Waals surface area contributed by atoms with E-state index < -0.39 is 0 Å². The van der Waals surface area contributed by atoms with Gasteiger partial charge in [-0.3, -0.25) is 4.79 Å². The fraction of sp³-hybridized carbons (Fsp3) is 0.316. The predicted octanol–water partition coefficient (Wildman–Crippen LogP) is 1.06. The van der Waals surface area contributed by atoms with Crippen LogP contribution in [-0.2, 0) is 0 Å². The van der Waals surface area contributed by atoms with Gasteiger partial charge >= 0.3 is 18.9 Å². The fourth-order valence-electron chi connectivity index (χ4n) is 2.38. The van der Waals surface area contributed by atoms with Gasteiger partial charge in [0.2, 0.25) is 0 Å². The van der Waals surface area contributed by atoms with Gasteiger partial charge in [0.15, 0.2) is 5.52 Å². The Balaban J connectivity index is 0.00000312. The van der Waals surface area contributed by atoms with Crippen molar-refractivity contribution in [3.63, 3.8) is 0 Å². The molecule has 1 unspecified atom stereocenters. The second-order valence-electron chi connectivity index (χ2n) is 5.63. The summed E-state index contributed by atoms with van der Waals surface area (Å²) >= 11 is 0. The summed E-state index contributed by atoms with van der Waals surface area (Å²) in [5.41, 5.74) is 1.52. The number of carbonyl (C=O) groups is 1. The van der Waals surface area contributed by atoms with E-state index in [1.165, 1.54) is 0 Å². The van der Waals surface area contributed by atoms with Crippen LogP contribution in [-0.4, -0.2) is 25.8 Å². The Bertz CT molecular complexity index is 715. The summed E-state index contributed by atoms with van der Waals surface area (Å²) in [5.74, 6) is 1.88. The number of methoxy groups -OCH3 is 2. The van der Waals surface area contributed by atoms with E-state index in [2.05, 4.69) is 0 Å². The van der Waals surface area contributed by atoms with Crippen LogP contribution in [0.5, 0.6) is 17.2 Å². The first-order chi connectivity index (χ1) is 11.5. The molecule has 0 aliphatic heterocycles. The second kappa shape index (κ2) is 9.87. The third kappa shape index (κ3) is 5.51. The first kappa shape index (κ1) is 21.6. The van der Waals surface area contributed by atoms with Crippen LogP contribution in [0.2, 0.25) is 0 Å². The minimum absolute atomic E-state index is 0. The molecule has 0 aliphatic carbocycles. The van der Waals surface area contributed by atoms with Crippen LogP contribution in [0.15, 0.2) is 36.4 Å². The van der Waals surface area contributed by atoms with Crippen LogP contribution in [0.25, 0.3) is 0 Å². The average molecular weight is 354 g/mol. The van der Waals surface area contributed by atoms with E-state index in [0.29, 0.717) is 17.1 Å². The molecular formula is C19H24LiO4P. The molecule has 0 saturated heterocycles. The molecule has 2 rings (SSSR count). The first-order valence-corrected chi connectivity index (χ1v) is 8.76. The van der Waals surface area contributed by atoms with E-state index in [1.54, 1.807) is 32.4 Å². The summed E-state index contributed by atoms with van der Waals surface area (Å²) in [4.78, 5) is 12.8. The van der Waals surface area contributed by atoms with Crippen LogP contribution in [0.4, 0.5) is 0 Å². The van der Waals surface area contributed by atoms with Gasteiger partial charge in [-0.15, -0.1) is 0 Å². The van der Waals surface area contributed by atoms with Crippen molar-refractivity contribution in [3.8, 4) is 17.2 Å². The molecule has 1 atom stereocenters. The maximum atomic E-state index is 12.8. The Morgan fingerprint density at radius 2 is 1.68 bits per heavy atom. The van der Waals surface area contributed by atoms with Crippen molar-refractivity contribution in [1.29, 1.82) is 0 Å². The molecule has 2 aromatic rings. The normalized spacial score (nSPS) is 10.6. The van der Waals surface area contributed by atoms with Crippen LogP contribution in [0.3, 0.4) is 0 Å². The van der Waals surface area contributed by atoms with Crippen LogP contribution < -0.4 is 38.4 Å². The van der Waals surface area contributed by atoms with Gasteiger partial charge in [0.05, 0.1) is 20.3 Å². The number of rotatable bonds is 7. The Hall–Kier alpha value is -1.46. The molecule has 0 fully saturated rings. The summed E-state index contributed by atoms with van der Waals surface area (Å²) in [6.07, 6.45) is 0.122. The Labute approximate surface area is 164 Å². The minimum Gasteiger partial charge on any atom is -1.00 e. The Morgan fingerprint density at radius 3 is 2.16 bits per heavy atom. The quantitative estimate of drug-likeness (QED) is 0.551. The first-order valence-electron chi connectivity index (χ1n) is 7.76. The van der Waals surface area contributed by atoms with E-state index in [-0.39, 0.29) is 40.5 Å². The molecule has 130 valence electrons. The van der Waals surface area contributed by atoms with Crippen molar-refractivity contribution in [2.75, 3.05) is 14.2 Å². The molecule has 0 spiro atoms. The average Bonchev–Trinajstić information content (AvgIpc) is 2.55. The summed E-state index contributed by atoms with van der Waals surface area (Å²) in [7, 11) is 3.10. The van der Waals surface area contributed by atoms with Crippen molar-refractivity contribution < 1.29 is 39.3 Å². The van der Waals surface area contributed by atoms with Crippen molar-refractivity contribution in [2.24, 2.45) is 0 Å². The van der Waals surface area contributed by atoms with Crippen LogP contribution in [0, 0.1) is 6.92 Å². The van der Waals surface area contributed by atoms with Gasteiger partial charge in [-0.05, 0) is 64.5 Å². The maximum Gasteiger partial charge on any atom is 1.00 e. The van der Waals surface area contributed by atoms with Crippen LogP contribution in [0.1, 0.15) is 31.2 Å². The zero-order valence-electron chi connectivity index (χ0n) is 16.7. The molecule has 0 saturated carbocycles. The van der Waals surface area contributed by atoms with Gasteiger partial charge in [-0.1, -0.05) is 12.1 Å². The fourth-order valence-corrected chi connectivity index (χ4v) is 3.43. The number of benzene rings is 2. The van der Waals surface area contributed by atoms with Crippen molar-refractivity contribution >= 4 is 19.4 Å². The number of hydrogen-bond donors (Lipinski definition) is 0. The molecule has 2 aromatic carbocycles. The van der Waals surface area contributed by atoms with Gasteiger partial charge in [0.1, 0.15) is 22.8 Å².